The molecular formula is C9H10BO4. The first-order valence-electron chi connectivity index (χ1n) is 4.00. The van der Waals surface area contributed by atoms with Gasteiger partial charge in [-0.1, -0.05) is 6.07 Å². The van der Waals surface area contributed by atoms with E-state index in [2.05, 4.69) is 4.74 Å². The number of hydrogen-bond donors (Lipinski definition) is 1. The summed E-state index contributed by atoms with van der Waals surface area (Å²) in [6, 6.07) is 4.87. The third kappa shape index (κ3) is 2.26. The van der Waals surface area contributed by atoms with E-state index in [-0.39, 0.29) is 0 Å². The minimum Gasteiger partial charge on any atom is -0.537 e. The first kappa shape index (κ1) is 10.6. The molecule has 0 aliphatic heterocycles. The maximum absolute atomic E-state index is 11.2. The van der Waals surface area contributed by atoms with Crippen LogP contribution in [0.5, 0.6) is 5.75 Å². The SMILES string of the molecule is COC(=O)c1cc(O[B]O)ccc1C. The van der Waals surface area contributed by atoms with Crippen LogP contribution in [-0.2, 0) is 4.74 Å². The fourth-order valence-corrected chi connectivity index (χ4v) is 1.07. The number of ether oxygens (including phenoxy) is 1. The lowest BCUT2D eigenvalue weighted by Crippen LogP contribution is -2.06. The summed E-state index contributed by atoms with van der Waals surface area (Å²) in [6.45, 7) is 1.79. The third-order valence-electron chi connectivity index (χ3n) is 1.80. The first-order chi connectivity index (χ1) is 6.69. The van der Waals surface area contributed by atoms with Crippen LogP contribution in [0.4, 0.5) is 0 Å². The van der Waals surface area contributed by atoms with Crippen molar-refractivity contribution in [2.75, 3.05) is 7.11 Å². The molecule has 0 aromatic heterocycles. The highest BCUT2D eigenvalue weighted by molar-refractivity contribution is 6.17. The smallest absolute Gasteiger partial charge is 0.537 e. The van der Waals surface area contributed by atoms with Gasteiger partial charge >= 0.3 is 13.7 Å². The van der Waals surface area contributed by atoms with E-state index in [9.17, 15) is 4.79 Å². The van der Waals surface area contributed by atoms with E-state index in [0.29, 0.717) is 19.0 Å². The molecule has 0 spiro atoms. The summed E-state index contributed by atoms with van der Waals surface area (Å²) >= 11 is 0. The molecule has 0 saturated carbocycles. The number of carbonyl (C=O) groups excluding carboxylic acids is 1. The second-order valence-electron chi connectivity index (χ2n) is 2.69. The number of esters is 1. The quantitative estimate of drug-likeness (QED) is 0.566. The van der Waals surface area contributed by atoms with Crippen LogP contribution >= 0.6 is 0 Å². The lowest BCUT2D eigenvalue weighted by atomic mass is 10.1. The Morgan fingerprint density at radius 2 is 2.21 bits per heavy atom. The molecule has 1 aromatic carbocycles. The van der Waals surface area contributed by atoms with Gasteiger partial charge in [-0.2, -0.15) is 0 Å². The van der Waals surface area contributed by atoms with Gasteiger partial charge in [0.2, 0.25) is 0 Å². The minimum atomic E-state index is -0.425. The molecule has 0 heterocycles. The van der Waals surface area contributed by atoms with Gasteiger partial charge in [-0.25, -0.2) is 4.79 Å². The summed E-state index contributed by atoms with van der Waals surface area (Å²) in [5.41, 5.74) is 1.22. The van der Waals surface area contributed by atoms with E-state index < -0.39 is 5.97 Å². The Kier molecular flexibility index (Phi) is 3.53. The van der Waals surface area contributed by atoms with E-state index in [0.717, 1.165) is 5.56 Å². The van der Waals surface area contributed by atoms with Crippen LogP contribution in [0.1, 0.15) is 15.9 Å². The largest absolute Gasteiger partial charge is 0.569 e. The number of rotatable bonds is 3. The molecule has 0 atom stereocenters. The number of aryl methyl sites for hydroxylation is 1. The lowest BCUT2D eigenvalue weighted by molar-refractivity contribution is 0.0599. The van der Waals surface area contributed by atoms with Crippen LogP contribution < -0.4 is 4.65 Å². The van der Waals surface area contributed by atoms with Gasteiger partial charge in [-0.3, -0.25) is 0 Å². The van der Waals surface area contributed by atoms with Crippen LogP contribution in [0.2, 0.25) is 0 Å². The number of methoxy groups -OCH3 is 1. The van der Waals surface area contributed by atoms with Crippen molar-refractivity contribution in [3.8, 4) is 5.75 Å². The summed E-state index contributed by atoms with van der Waals surface area (Å²) in [7, 11) is 1.87. The molecule has 0 amide bonds. The number of hydrogen-bond acceptors (Lipinski definition) is 4. The van der Waals surface area contributed by atoms with Gasteiger partial charge in [0.05, 0.1) is 12.7 Å². The average molecular weight is 193 g/mol. The maximum atomic E-state index is 11.2. The van der Waals surface area contributed by atoms with Crippen molar-refractivity contribution < 1.29 is 19.2 Å². The molecule has 0 saturated heterocycles. The lowest BCUT2D eigenvalue weighted by Gasteiger charge is -2.06. The Morgan fingerprint density at radius 3 is 2.79 bits per heavy atom. The maximum Gasteiger partial charge on any atom is 0.569 e. The zero-order valence-electron chi connectivity index (χ0n) is 7.98. The van der Waals surface area contributed by atoms with Gasteiger partial charge < -0.3 is 14.4 Å². The summed E-state index contributed by atoms with van der Waals surface area (Å²) in [5.74, 6) is -0.0376. The fourth-order valence-electron chi connectivity index (χ4n) is 1.07. The molecule has 73 valence electrons. The van der Waals surface area contributed by atoms with Gasteiger partial charge in [-0.05, 0) is 24.6 Å². The van der Waals surface area contributed by atoms with Gasteiger partial charge in [-0.15, -0.1) is 0 Å². The molecule has 4 nitrogen and oxygen atoms in total. The van der Waals surface area contributed by atoms with E-state index in [4.69, 9.17) is 9.68 Å². The third-order valence-corrected chi connectivity index (χ3v) is 1.80. The summed E-state index contributed by atoms with van der Waals surface area (Å²) in [4.78, 5) is 11.2. The molecule has 5 heteroatoms. The summed E-state index contributed by atoms with van der Waals surface area (Å²) in [5, 5.41) is 8.41. The second-order valence-corrected chi connectivity index (χ2v) is 2.69. The summed E-state index contributed by atoms with van der Waals surface area (Å²) < 4.78 is 9.30. The molecule has 0 unspecified atom stereocenters. The molecule has 0 aliphatic carbocycles. The van der Waals surface area contributed by atoms with Crippen LogP contribution in [0.15, 0.2) is 18.2 Å². The molecule has 1 aromatic rings. The molecule has 0 bridgehead atoms. The van der Waals surface area contributed by atoms with Crippen LogP contribution in [-0.4, -0.2) is 25.8 Å². The number of carbonyl (C=O) groups is 1. The van der Waals surface area contributed by atoms with Crippen molar-refractivity contribution in [2.45, 2.75) is 6.92 Å². The Hall–Kier alpha value is -1.49. The van der Waals surface area contributed by atoms with Crippen molar-refractivity contribution in [1.29, 1.82) is 0 Å². The van der Waals surface area contributed by atoms with E-state index in [1.807, 2.05) is 0 Å². The molecule has 14 heavy (non-hydrogen) atoms. The number of benzene rings is 1. The minimum absolute atomic E-state index is 0.388. The molecule has 1 N–H and O–H groups in total. The monoisotopic (exact) mass is 193 g/mol. The highest BCUT2D eigenvalue weighted by atomic mass is 16.5. The van der Waals surface area contributed by atoms with Gasteiger partial charge in [0.1, 0.15) is 5.75 Å². The van der Waals surface area contributed by atoms with Crippen molar-refractivity contribution in [3.05, 3.63) is 29.3 Å². The van der Waals surface area contributed by atoms with Gasteiger partial charge in [0, 0.05) is 0 Å². The molecule has 1 radical (unpaired) electrons. The van der Waals surface area contributed by atoms with Crippen LogP contribution in [0, 0.1) is 6.92 Å². The second kappa shape index (κ2) is 4.67. The zero-order valence-corrected chi connectivity index (χ0v) is 7.98. The average Bonchev–Trinajstić information content (AvgIpc) is 2.20. The van der Waals surface area contributed by atoms with Crippen molar-refractivity contribution in [2.24, 2.45) is 0 Å². The summed E-state index contributed by atoms with van der Waals surface area (Å²) in [6.07, 6.45) is 0. The molecule has 1 rings (SSSR count). The van der Waals surface area contributed by atoms with Crippen molar-refractivity contribution >= 4 is 13.7 Å². The van der Waals surface area contributed by atoms with Crippen molar-refractivity contribution in [1.82, 2.24) is 0 Å². The van der Waals surface area contributed by atoms with Crippen molar-refractivity contribution in [3.63, 3.8) is 0 Å². The topological polar surface area (TPSA) is 55.8 Å². The predicted octanol–water partition coefficient (Wildman–Crippen LogP) is 0.687. The molecule has 0 fully saturated rings. The standard InChI is InChI=1S/C9H10BO4/c1-6-3-4-7(14-10-12)5-8(6)9(11)13-2/h3-5,12H,1-2H3. The molecule has 0 aliphatic rings. The zero-order chi connectivity index (χ0) is 10.6. The fraction of sp³-hybridized carbons (Fsp3) is 0.222. The highest BCUT2D eigenvalue weighted by Crippen LogP contribution is 2.17. The van der Waals surface area contributed by atoms with Gasteiger partial charge in [0.25, 0.3) is 0 Å². The molecular weight excluding hydrogens is 183 g/mol. The Labute approximate surface area is 82.8 Å². The Bertz CT molecular complexity index is 338. The Balaban J connectivity index is 3.01. The predicted molar refractivity (Wildman–Crippen MR) is 51.1 cm³/mol. The normalized spacial score (nSPS) is 9.36. The first-order valence-corrected chi connectivity index (χ1v) is 4.00. The van der Waals surface area contributed by atoms with Crippen LogP contribution in [0.25, 0.3) is 0 Å². The van der Waals surface area contributed by atoms with Crippen LogP contribution in [0.3, 0.4) is 0 Å². The van der Waals surface area contributed by atoms with Gasteiger partial charge in [0.15, 0.2) is 0 Å². The van der Waals surface area contributed by atoms with E-state index in [1.165, 1.54) is 13.2 Å². The highest BCUT2D eigenvalue weighted by Gasteiger charge is 2.10. The van der Waals surface area contributed by atoms with E-state index >= 15 is 0 Å². The Morgan fingerprint density at radius 1 is 1.50 bits per heavy atom. The van der Waals surface area contributed by atoms with E-state index in [1.54, 1.807) is 19.1 Å².